The van der Waals surface area contributed by atoms with Gasteiger partial charge in [-0.3, -0.25) is 0 Å². The first-order chi connectivity index (χ1) is 32.1. The largest absolute Gasteiger partial charge is 0 e. The van der Waals surface area contributed by atoms with Crippen molar-refractivity contribution in [3.63, 3.8) is 0 Å². The first kappa shape index (κ1) is 70.6. The number of benzene rings is 4. The van der Waals surface area contributed by atoms with Crippen LogP contribution >= 0.6 is 0 Å². The molecule has 0 aliphatic carbocycles. The molecule has 0 aliphatic rings. The van der Waals surface area contributed by atoms with Crippen molar-refractivity contribution in [2.45, 2.75) is 230 Å². The minimum absolute atomic E-state index is 0. The van der Waals surface area contributed by atoms with E-state index in [1.54, 1.807) is 42.2 Å². The van der Waals surface area contributed by atoms with E-state index in [9.17, 15) is 0 Å². The average Bonchev–Trinajstić information content (AvgIpc) is 3.13. The van der Waals surface area contributed by atoms with Crippen molar-refractivity contribution in [3.05, 3.63) is 129 Å². The zero-order chi connectivity index (χ0) is 55.6. The van der Waals surface area contributed by atoms with E-state index in [0.29, 0.717) is 20.7 Å². The predicted octanol–water partition coefficient (Wildman–Crippen LogP) is 17.8. The van der Waals surface area contributed by atoms with Crippen molar-refractivity contribution in [1.82, 2.24) is 0 Å². The van der Waals surface area contributed by atoms with Gasteiger partial charge in [-0.15, -0.1) is 0 Å². The van der Waals surface area contributed by atoms with Crippen molar-refractivity contribution >= 4 is 147 Å². The third kappa shape index (κ3) is 17.7. The summed E-state index contributed by atoms with van der Waals surface area (Å²) in [6, 6.07) is 35.5. The molecule has 0 N–H and O–H groups in total. The smallest absolute Gasteiger partial charge is 0 e. The summed E-state index contributed by atoms with van der Waals surface area (Å²) in [6.45, 7) is 80.3. The maximum absolute atomic E-state index is 2.84. The van der Waals surface area contributed by atoms with E-state index in [1.165, 1.54) is 11.1 Å². The van der Waals surface area contributed by atoms with E-state index in [2.05, 4.69) is 284 Å². The van der Waals surface area contributed by atoms with Crippen LogP contribution in [0.1, 0.15) is 107 Å². The van der Waals surface area contributed by atoms with Gasteiger partial charge in [-0.25, -0.2) is 0 Å². The van der Waals surface area contributed by atoms with Crippen LogP contribution in [0, 0.1) is 0 Å². The van der Waals surface area contributed by atoms with Gasteiger partial charge in [0.25, 0.3) is 0 Å². The maximum atomic E-state index is 2.84. The van der Waals surface area contributed by atoms with E-state index in [0.717, 1.165) is 0 Å². The van der Waals surface area contributed by atoms with Gasteiger partial charge in [0.2, 0.25) is 0 Å². The van der Waals surface area contributed by atoms with Crippen LogP contribution in [0.15, 0.2) is 84.9 Å². The van der Waals surface area contributed by atoms with Gasteiger partial charge in [0.15, 0.2) is 0 Å². The van der Waals surface area contributed by atoms with E-state index in [4.69, 9.17) is 0 Å². The van der Waals surface area contributed by atoms with Gasteiger partial charge in [0.05, 0.1) is 0 Å². The molecule has 0 spiro atoms. The standard InChI is InChI=1S/C62H108Ge2Si8.2Se/c1-61(2,3)47-41-49(57(65(7,8)9)66(10,11)12)55(50(42-47)58(67(13,14)15)68(16,17)18)63-53(45-37-33-31-34-38-45)54(46-39-35-32-36-40-46)64-56-51(59(69(19,20)21)70(22,23)24)43-48(62(4,5)6)44-52(56)60(71(25,26)27)72(28,29)30;;/h31-44,57-60H,1-30H3;;/b54-53-;;. The fraction of sp³-hybridized carbons (Fsp3) is 0.581. The third-order valence-electron chi connectivity index (χ3n) is 15.2. The summed E-state index contributed by atoms with van der Waals surface area (Å²) in [5.41, 5.74) is 13.4. The summed E-state index contributed by atoms with van der Waals surface area (Å²) in [4.78, 5) is 0. The second kappa shape index (κ2) is 24.9. The fourth-order valence-electron chi connectivity index (χ4n) is 14.4. The molecule has 0 nitrogen and oxygen atoms in total. The van der Waals surface area contributed by atoms with E-state index >= 15 is 0 Å². The van der Waals surface area contributed by atoms with Gasteiger partial charge in [0, 0.05) is 34.1 Å². The second-order valence-corrected chi connectivity index (χ2v) is 83.0. The van der Waals surface area contributed by atoms with Gasteiger partial charge in [-0.05, 0) is 0 Å². The molecule has 408 valence electrons. The molecule has 0 amide bonds. The molecule has 0 unspecified atom stereocenters. The number of rotatable bonds is 18. The first-order valence-electron chi connectivity index (χ1n) is 27.8. The molecule has 0 atom stereocenters. The zero-order valence-electron chi connectivity index (χ0n) is 53.2. The summed E-state index contributed by atoms with van der Waals surface area (Å²) >= 11 is -1.79. The van der Waals surface area contributed by atoms with Crippen molar-refractivity contribution in [1.29, 1.82) is 0 Å². The Morgan fingerprint density at radius 2 is 0.486 bits per heavy atom. The molecule has 0 heterocycles. The Bertz CT molecular complexity index is 2180. The molecule has 4 aromatic rings. The summed E-state index contributed by atoms with van der Waals surface area (Å²) in [5.74, 6) is 0. The van der Waals surface area contributed by atoms with Gasteiger partial charge >= 0.3 is 473 Å². The van der Waals surface area contributed by atoms with Crippen LogP contribution < -0.4 is 8.79 Å². The summed E-state index contributed by atoms with van der Waals surface area (Å²) in [5, 5.41) is 2.64. The summed E-state index contributed by atoms with van der Waals surface area (Å²) < 4.78 is 7.16. The summed E-state index contributed by atoms with van der Waals surface area (Å²) in [6.07, 6.45) is 0. The molecule has 4 aromatic carbocycles. The molecular weight excluding hydrogens is 1270 g/mol. The van der Waals surface area contributed by atoms with Crippen LogP contribution in [0.3, 0.4) is 0 Å². The second-order valence-electron chi connectivity index (χ2n) is 33.0. The molecule has 0 bridgehead atoms. The third-order valence-corrected chi connectivity index (χ3v) is 60.2. The molecule has 0 aliphatic heterocycles. The molecule has 0 saturated heterocycles. The van der Waals surface area contributed by atoms with Crippen molar-refractivity contribution in [2.24, 2.45) is 0 Å². The Labute approximate surface area is 501 Å². The maximum Gasteiger partial charge on any atom is 0 e. The van der Waals surface area contributed by atoms with Crippen LogP contribution in [0.25, 0.3) is 8.81 Å². The molecule has 12 heteroatoms. The Morgan fingerprint density at radius 1 is 0.311 bits per heavy atom. The number of hydrogen-bond donors (Lipinski definition) is 0. The van der Waals surface area contributed by atoms with Gasteiger partial charge in [0.1, 0.15) is 0 Å². The average molecular weight is 1380 g/mol. The van der Waals surface area contributed by atoms with Crippen LogP contribution in [0.2, 0.25) is 157 Å². The molecule has 0 fully saturated rings. The summed E-state index contributed by atoms with van der Waals surface area (Å²) in [7, 11) is -13.8. The van der Waals surface area contributed by atoms with E-state index in [1.807, 2.05) is 8.79 Å². The quantitative estimate of drug-likeness (QED) is 0.0688. The SMILES string of the molecule is CC(C)(C)c1cc(C([Si](C)(C)C)[Si](C)(C)C)[c]([Ge]/[C](=[C](\[Ge][c]2c(C([Si](C)(C)C)[Si](C)(C)C)cc(C(C)(C)C)cc2C([Si](C)(C)C)[Si](C)(C)C)c2ccccc2)c2ccccc2)c(C([Si](C)(C)C)[Si](C)(C)C)c1.[Se].[Se]. The van der Waals surface area contributed by atoms with Crippen molar-refractivity contribution in [3.8, 4) is 0 Å². The molecule has 8 radical (unpaired) electrons. The minimum atomic E-state index is -1.73. The Balaban J connectivity index is 0.00000937. The molecule has 0 aromatic heterocycles. The van der Waals surface area contributed by atoms with Gasteiger partial charge in [-0.2, -0.15) is 0 Å². The molecule has 4 rings (SSSR count). The minimum Gasteiger partial charge on any atom is 0 e. The first-order valence-corrected chi connectivity index (χ1v) is 60.7. The number of hydrogen-bond acceptors (Lipinski definition) is 0. The van der Waals surface area contributed by atoms with E-state index in [-0.39, 0.29) is 45.0 Å². The van der Waals surface area contributed by atoms with Crippen LogP contribution in [0.4, 0.5) is 0 Å². The fourth-order valence-corrected chi connectivity index (χ4v) is 75.5. The topological polar surface area (TPSA) is 0 Å². The zero-order valence-corrected chi connectivity index (χ0v) is 68.8. The normalized spacial score (nSPS) is 14.4. The van der Waals surface area contributed by atoms with Crippen LogP contribution in [-0.4, -0.2) is 130 Å². The molecular formula is C62H108Ge2Se2Si8. The van der Waals surface area contributed by atoms with Gasteiger partial charge in [-0.1, -0.05) is 0 Å². The van der Waals surface area contributed by atoms with Crippen molar-refractivity contribution < 1.29 is 0 Å². The van der Waals surface area contributed by atoms with Crippen LogP contribution in [-0.2, 0) is 10.8 Å². The molecule has 0 saturated carbocycles. The van der Waals surface area contributed by atoms with Crippen molar-refractivity contribution in [2.75, 3.05) is 0 Å². The Hall–Kier alpha value is 0.480. The monoisotopic (exact) mass is 1380 g/mol. The Morgan fingerprint density at radius 3 is 0.635 bits per heavy atom. The van der Waals surface area contributed by atoms with Gasteiger partial charge < -0.3 is 0 Å². The molecule has 74 heavy (non-hydrogen) atoms. The predicted molar refractivity (Wildman–Crippen MR) is 370 cm³/mol. The Kier molecular flexibility index (Phi) is 23.8. The van der Waals surface area contributed by atoms with E-state index < -0.39 is 95.5 Å². The van der Waals surface area contributed by atoms with Crippen LogP contribution in [0.5, 0.6) is 0 Å².